The summed E-state index contributed by atoms with van der Waals surface area (Å²) < 4.78 is 2.20. The molecule has 2 nitrogen and oxygen atoms in total. The van der Waals surface area contributed by atoms with Gasteiger partial charge < -0.3 is 4.57 Å². The maximum Gasteiger partial charge on any atom is 0.197 e. The molecular formula is C15H12BrNO. The molecule has 0 unspecified atom stereocenters. The van der Waals surface area contributed by atoms with Gasteiger partial charge in [0, 0.05) is 22.6 Å². The molecule has 0 fully saturated rings. The standard InChI is InChI=1S/C15H12BrNO/c16-9-10-17-13-7-3-1-5-11(13)15(18)12-6-2-4-8-14(12)17/h1-8H,9-10H2. The monoisotopic (exact) mass is 301 g/mol. The predicted molar refractivity (Wildman–Crippen MR) is 79.5 cm³/mol. The van der Waals surface area contributed by atoms with Gasteiger partial charge >= 0.3 is 0 Å². The summed E-state index contributed by atoms with van der Waals surface area (Å²) in [4.78, 5) is 12.4. The highest BCUT2D eigenvalue weighted by molar-refractivity contribution is 9.09. The third-order valence-electron chi connectivity index (χ3n) is 3.19. The van der Waals surface area contributed by atoms with Crippen molar-refractivity contribution < 1.29 is 0 Å². The first kappa shape index (κ1) is 11.5. The molecule has 0 atom stereocenters. The van der Waals surface area contributed by atoms with E-state index in [-0.39, 0.29) is 5.43 Å². The number of rotatable bonds is 2. The molecule has 18 heavy (non-hydrogen) atoms. The van der Waals surface area contributed by atoms with Gasteiger partial charge in [0.2, 0.25) is 0 Å². The molecule has 0 aliphatic rings. The summed E-state index contributed by atoms with van der Waals surface area (Å²) in [6, 6.07) is 15.6. The second-order valence-corrected chi connectivity index (χ2v) is 5.00. The highest BCUT2D eigenvalue weighted by atomic mass is 79.9. The minimum absolute atomic E-state index is 0.118. The third-order valence-corrected chi connectivity index (χ3v) is 3.54. The van der Waals surface area contributed by atoms with Crippen molar-refractivity contribution in [1.29, 1.82) is 0 Å². The maximum atomic E-state index is 12.4. The number of halogens is 1. The molecule has 3 rings (SSSR count). The third kappa shape index (κ3) is 1.66. The molecule has 1 aromatic heterocycles. The first-order valence-corrected chi connectivity index (χ1v) is 7.01. The molecule has 0 N–H and O–H groups in total. The highest BCUT2D eigenvalue weighted by Gasteiger charge is 2.08. The summed E-state index contributed by atoms with van der Waals surface area (Å²) in [5.74, 6) is 0. The lowest BCUT2D eigenvalue weighted by Gasteiger charge is -2.13. The molecule has 0 spiro atoms. The normalized spacial score (nSPS) is 11.2. The Morgan fingerprint density at radius 1 is 0.889 bits per heavy atom. The fourth-order valence-corrected chi connectivity index (χ4v) is 2.76. The summed E-state index contributed by atoms with van der Waals surface area (Å²) in [5, 5.41) is 2.44. The number of hydrogen-bond acceptors (Lipinski definition) is 1. The number of fused-ring (bicyclic) bond motifs is 2. The van der Waals surface area contributed by atoms with Crippen LogP contribution in [0.1, 0.15) is 0 Å². The Kier molecular flexibility index (Phi) is 2.92. The van der Waals surface area contributed by atoms with Crippen molar-refractivity contribution in [3.63, 3.8) is 0 Å². The molecule has 0 saturated heterocycles. The first-order chi connectivity index (χ1) is 8.83. The van der Waals surface area contributed by atoms with Crippen molar-refractivity contribution in [3.8, 4) is 0 Å². The van der Waals surface area contributed by atoms with E-state index in [0.717, 1.165) is 33.7 Å². The Morgan fingerprint density at radius 2 is 1.39 bits per heavy atom. The van der Waals surface area contributed by atoms with Crippen LogP contribution in [0.15, 0.2) is 53.3 Å². The van der Waals surface area contributed by atoms with Crippen LogP contribution >= 0.6 is 15.9 Å². The number of hydrogen-bond donors (Lipinski definition) is 0. The second kappa shape index (κ2) is 4.58. The number of para-hydroxylation sites is 2. The van der Waals surface area contributed by atoms with Crippen LogP contribution in [-0.4, -0.2) is 9.90 Å². The van der Waals surface area contributed by atoms with Gasteiger partial charge in [-0.25, -0.2) is 0 Å². The average molecular weight is 302 g/mol. The minimum Gasteiger partial charge on any atom is -0.339 e. The summed E-state index contributed by atoms with van der Waals surface area (Å²) in [6.45, 7) is 0.849. The van der Waals surface area contributed by atoms with E-state index < -0.39 is 0 Å². The van der Waals surface area contributed by atoms with Crippen LogP contribution in [0, 0.1) is 0 Å². The van der Waals surface area contributed by atoms with Crippen molar-refractivity contribution in [3.05, 3.63) is 58.8 Å². The number of alkyl halides is 1. The van der Waals surface area contributed by atoms with Gasteiger partial charge in [-0.05, 0) is 24.3 Å². The molecule has 0 radical (unpaired) electrons. The van der Waals surface area contributed by atoms with E-state index in [1.54, 1.807) is 0 Å². The second-order valence-electron chi connectivity index (χ2n) is 4.20. The fraction of sp³-hybridized carbons (Fsp3) is 0.133. The molecule has 1 heterocycles. The van der Waals surface area contributed by atoms with E-state index in [2.05, 4.69) is 20.5 Å². The quantitative estimate of drug-likeness (QED) is 0.524. The highest BCUT2D eigenvalue weighted by Crippen LogP contribution is 2.19. The van der Waals surface area contributed by atoms with E-state index in [0.29, 0.717) is 0 Å². The van der Waals surface area contributed by atoms with Gasteiger partial charge in [0.05, 0.1) is 11.0 Å². The number of pyridine rings is 1. The largest absolute Gasteiger partial charge is 0.339 e. The number of benzene rings is 2. The van der Waals surface area contributed by atoms with Crippen LogP contribution in [0.5, 0.6) is 0 Å². The zero-order chi connectivity index (χ0) is 12.5. The molecule has 3 heteroatoms. The molecule has 0 aliphatic carbocycles. The van der Waals surface area contributed by atoms with Crippen LogP contribution in [0.2, 0.25) is 0 Å². The molecule has 0 amide bonds. The van der Waals surface area contributed by atoms with Crippen molar-refractivity contribution in [1.82, 2.24) is 4.57 Å². The molecule has 0 aliphatic heterocycles. The van der Waals surface area contributed by atoms with Crippen molar-refractivity contribution in [2.24, 2.45) is 0 Å². The van der Waals surface area contributed by atoms with Crippen molar-refractivity contribution in [2.75, 3.05) is 5.33 Å². The molecule has 0 bridgehead atoms. The minimum atomic E-state index is 0.118. The van der Waals surface area contributed by atoms with Gasteiger partial charge in [0.25, 0.3) is 0 Å². The molecule has 0 saturated carbocycles. The Hall–Kier alpha value is -1.61. The van der Waals surface area contributed by atoms with Crippen LogP contribution in [0.3, 0.4) is 0 Å². The zero-order valence-electron chi connectivity index (χ0n) is 9.77. The zero-order valence-corrected chi connectivity index (χ0v) is 11.4. The van der Waals surface area contributed by atoms with E-state index >= 15 is 0 Å². The molecule has 3 aromatic rings. The summed E-state index contributed by atoms with van der Waals surface area (Å²) >= 11 is 3.48. The predicted octanol–water partition coefficient (Wildman–Crippen LogP) is 3.55. The van der Waals surface area contributed by atoms with Gasteiger partial charge in [-0.2, -0.15) is 0 Å². The van der Waals surface area contributed by atoms with Gasteiger partial charge in [-0.1, -0.05) is 40.2 Å². The topological polar surface area (TPSA) is 22.0 Å². The average Bonchev–Trinajstić information content (AvgIpc) is 2.43. The fourth-order valence-electron chi connectivity index (χ4n) is 2.40. The molecule has 2 aromatic carbocycles. The van der Waals surface area contributed by atoms with Gasteiger partial charge in [-0.3, -0.25) is 4.79 Å². The van der Waals surface area contributed by atoms with E-state index in [4.69, 9.17) is 0 Å². The van der Waals surface area contributed by atoms with E-state index in [9.17, 15) is 4.79 Å². The van der Waals surface area contributed by atoms with Crippen LogP contribution < -0.4 is 5.43 Å². The first-order valence-electron chi connectivity index (χ1n) is 5.89. The van der Waals surface area contributed by atoms with Crippen molar-refractivity contribution in [2.45, 2.75) is 6.54 Å². The number of nitrogens with zero attached hydrogens (tertiary/aromatic N) is 1. The smallest absolute Gasteiger partial charge is 0.197 e. The Labute approximate surface area is 113 Å². The summed E-state index contributed by atoms with van der Waals surface area (Å²) in [5.41, 5.74) is 2.12. The summed E-state index contributed by atoms with van der Waals surface area (Å²) in [7, 11) is 0. The van der Waals surface area contributed by atoms with Gasteiger partial charge in [0.15, 0.2) is 5.43 Å². The van der Waals surface area contributed by atoms with E-state index in [1.165, 1.54) is 0 Å². The maximum absolute atomic E-state index is 12.4. The van der Waals surface area contributed by atoms with E-state index in [1.807, 2.05) is 48.5 Å². The van der Waals surface area contributed by atoms with Gasteiger partial charge in [0.1, 0.15) is 0 Å². The lowest BCUT2D eigenvalue weighted by atomic mass is 10.1. The van der Waals surface area contributed by atoms with Crippen LogP contribution in [-0.2, 0) is 6.54 Å². The van der Waals surface area contributed by atoms with Gasteiger partial charge in [-0.15, -0.1) is 0 Å². The molecule has 90 valence electrons. The Balaban J connectivity index is 2.58. The van der Waals surface area contributed by atoms with Crippen LogP contribution in [0.4, 0.5) is 0 Å². The van der Waals surface area contributed by atoms with Crippen molar-refractivity contribution >= 4 is 37.7 Å². The lowest BCUT2D eigenvalue weighted by Crippen LogP contribution is -2.11. The lowest BCUT2D eigenvalue weighted by molar-refractivity contribution is 0.836. The summed E-state index contributed by atoms with van der Waals surface area (Å²) in [6.07, 6.45) is 0. The van der Waals surface area contributed by atoms with Crippen LogP contribution in [0.25, 0.3) is 21.8 Å². The SMILES string of the molecule is O=c1c2ccccc2n(CCBr)c2ccccc12. The number of aromatic nitrogens is 1. The molecular weight excluding hydrogens is 290 g/mol. The Bertz CT molecular complexity index is 716. The number of aryl methyl sites for hydroxylation is 1. The Morgan fingerprint density at radius 3 is 1.89 bits per heavy atom.